The molecule has 0 bridgehead atoms. The minimum absolute atomic E-state index is 0.139. The van der Waals surface area contributed by atoms with E-state index in [1.165, 1.54) is 4.31 Å². The first kappa shape index (κ1) is 17.6. The van der Waals surface area contributed by atoms with Crippen LogP contribution in [-0.4, -0.2) is 33.7 Å². The van der Waals surface area contributed by atoms with E-state index >= 15 is 0 Å². The lowest BCUT2D eigenvalue weighted by atomic mass is 10.2. The summed E-state index contributed by atoms with van der Waals surface area (Å²) in [5.41, 5.74) is 1.39. The summed E-state index contributed by atoms with van der Waals surface area (Å²) in [7, 11) is -1.71. The van der Waals surface area contributed by atoms with Crippen LogP contribution in [0.3, 0.4) is 0 Å². The number of hydrogen-bond acceptors (Lipinski definition) is 4. The molecule has 1 heterocycles. The van der Waals surface area contributed by atoms with E-state index in [0.717, 1.165) is 0 Å². The molecule has 0 aromatic heterocycles. The Morgan fingerprint density at radius 3 is 2.48 bits per heavy atom. The van der Waals surface area contributed by atoms with Gasteiger partial charge in [0.2, 0.25) is 10.0 Å². The Balaban J connectivity index is 1.78. The zero-order valence-corrected chi connectivity index (χ0v) is 15.1. The summed E-state index contributed by atoms with van der Waals surface area (Å²) in [5, 5.41) is 3.00. The van der Waals surface area contributed by atoms with Crippen molar-refractivity contribution in [1.29, 1.82) is 0 Å². The third-order valence-electron chi connectivity index (χ3n) is 3.94. The van der Waals surface area contributed by atoms with Gasteiger partial charge in [-0.25, -0.2) is 8.42 Å². The van der Waals surface area contributed by atoms with Gasteiger partial charge in [-0.05, 0) is 48.9 Å². The molecule has 1 saturated heterocycles. The van der Waals surface area contributed by atoms with Crippen molar-refractivity contribution in [2.24, 2.45) is 0 Å². The monoisotopic (exact) mass is 380 g/mol. The second-order valence-corrected chi connectivity index (χ2v) is 8.01. The summed E-state index contributed by atoms with van der Waals surface area (Å²) in [5.74, 6) is 0.484. The van der Waals surface area contributed by atoms with Gasteiger partial charge in [0.15, 0.2) is 0 Å². The van der Waals surface area contributed by atoms with Crippen molar-refractivity contribution in [3.05, 3.63) is 53.1 Å². The van der Waals surface area contributed by atoms with Gasteiger partial charge in [0.05, 0.1) is 29.3 Å². The van der Waals surface area contributed by atoms with Crippen LogP contribution in [0.25, 0.3) is 0 Å². The summed E-state index contributed by atoms with van der Waals surface area (Å²) in [6.07, 6.45) is 0.593. The largest absolute Gasteiger partial charge is 0.497 e. The van der Waals surface area contributed by atoms with E-state index in [2.05, 4.69) is 5.32 Å². The van der Waals surface area contributed by atoms with Crippen molar-refractivity contribution in [2.75, 3.05) is 29.0 Å². The number of halogens is 1. The third kappa shape index (κ3) is 3.72. The molecule has 3 rings (SSSR count). The molecule has 1 amide bonds. The van der Waals surface area contributed by atoms with Crippen LogP contribution in [0, 0.1) is 0 Å². The van der Waals surface area contributed by atoms with Crippen molar-refractivity contribution >= 4 is 38.9 Å². The quantitative estimate of drug-likeness (QED) is 0.884. The van der Waals surface area contributed by atoms with Crippen molar-refractivity contribution in [3.8, 4) is 5.75 Å². The van der Waals surface area contributed by atoms with E-state index < -0.39 is 10.0 Å². The highest BCUT2D eigenvalue weighted by atomic mass is 35.5. The summed E-state index contributed by atoms with van der Waals surface area (Å²) < 4.78 is 30.4. The molecule has 0 spiro atoms. The van der Waals surface area contributed by atoms with Crippen molar-refractivity contribution in [3.63, 3.8) is 0 Å². The van der Waals surface area contributed by atoms with Crippen molar-refractivity contribution in [1.82, 2.24) is 0 Å². The molecule has 2 aromatic rings. The number of rotatable bonds is 4. The van der Waals surface area contributed by atoms with E-state index in [9.17, 15) is 13.2 Å². The number of amides is 1. The fraction of sp³-hybridized carbons (Fsp3) is 0.235. The zero-order chi connectivity index (χ0) is 18.0. The Bertz CT molecular complexity index is 897. The lowest BCUT2D eigenvalue weighted by molar-refractivity contribution is 0.102. The molecule has 0 unspecified atom stereocenters. The van der Waals surface area contributed by atoms with E-state index in [-0.39, 0.29) is 16.7 Å². The second-order valence-electron chi connectivity index (χ2n) is 5.59. The van der Waals surface area contributed by atoms with Gasteiger partial charge in [-0.1, -0.05) is 11.6 Å². The molecular formula is C17H17ClN2O4S. The Morgan fingerprint density at radius 1 is 1.20 bits per heavy atom. The van der Waals surface area contributed by atoms with Crippen LogP contribution in [0.15, 0.2) is 42.5 Å². The zero-order valence-electron chi connectivity index (χ0n) is 13.5. The molecule has 8 heteroatoms. The van der Waals surface area contributed by atoms with Crippen LogP contribution in [0.5, 0.6) is 5.75 Å². The number of methoxy groups -OCH3 is 1. The van der Waals surface area contributed by atoms with Crippen LogP contribution in [0.4, 0.5) is 11.4 Å². The lowest BCUT2D eigenvalue weighted by Gasteiger charge is -2.18. The second kappa shape index (κ2) is 6.93. The Morgan fingerprint density at radius 2 is 1.92 bits per heavy atom. The number of carbonyl (C=O) groups excluding carboxylic acids is 1. The summed E-state index contributed by atoms with van der Waals surface area (Å²) in [4.78, 5) is 12.3. The Labute approximate surface area is 151 Å². The maximum atomic E-state index is 12.3. The SMILES string of the molecule is COc1ccc(C(=O)Nc2ccc(N3CCCS3(=O)=O)cc2Cl)cc1. The van der Waals surface area contributed by atoms with E-state index in [0.29, 0.717) is 35.7 Å². The summed E-state index contributed by atoms with van der Waals surface area (Å²) in [6, 6.07) is 11.5. The minimum Gasteiger partial charge on any atom is -0.497 e. The molecule has 0 radical (unpaired) electrons. The van der Waals surface area contributed by atoms with Crippen molar-refractivity contribution < 1.29 is 17.9 Å². The number of sulfonamides is 1. The molecule has 1 aliphatic heterocycles. The molecule has 0 aliphatic carbocycles. The van der Waals surface area contributed by atoms with Crippen molar-refractivity contribution in [2.45, 2.75) is 6.42 Å². The molecular weight excluding hydrogens is 364 g/mol. The van der Waals surface area contributed by atoms with Crippen LogP contribution in [0.2, 0.25) is 5.02 Å². The fourth-order valence-electron chi connectivity index (χ4n) is 2.63. The van der Waals surface area contributed by atoms with Gasteiger partial charge in [0.1, 0.15) is 5.75 Å². The van der Waals surface area contributed by atoms with Gasteiger partial charge in [0.25, 0.3) is 5.91 Å². The van der Waals surface area contributed by atoms with Gasteiger partial charge >= 0.3 is 0 Å². The smallest absolute Gasteiger partial charge is 0.255 e. The van der Waals surface area contributed by atoms with Crippen LogP contribution in [-0.2, 0) is 10.0 Å². The first-order chi connectivity index (χ1) is 11.9. The molecule has 6 nitrogen and oxygen atoms in total. The average molecular weight is 381 g/mol. The highest BCUT2D eigenvalue weighted by Gasteiger charge is 2.28. The fourth-order valence-corrected chi connectivity index (χ4v) is 4.41. The van der Waals surface area contributed by atoms with Crippen LogP contribution >= 0.6 is 11.6 Å². The number of carbonyl (C=O) groups is 1. The normalized spacial score (nSPS) is 15.8. The van der Waals surface area contributed by atoms with Gasteiger partial charge < -0.3 is 10.1 Å². The third-order valence-corrected chi connectivity index (χ3v) is 6.12. The predicted octanol–water partition coefficient (Wildman–Crippen LogP) is 3.14. The number of ether oxygens (including phenoxy) is 1. The van der Waals surface area contributed by atoms with E-state index in [1.54, 1.807) is 49.6 Å². The Hall–Kier alpha value is -2.25. The van der Waals surface area contributed by atoms with Gasteiger partial charge in [-0.2, -0.15) is 0 Å². The molecule has 25 heavy (non-hydrogen) atoms. The number of benzene rings is 2. The molecule has 132 valence electrons. The first-order valence-electron chi connectivity index (χ1n) is 7.66. The number of hydrogen-bond donors (Lipinski definition) is 1. The van der Waals surface area contributed by atoms with Gasteiger partial charge in [-0.15, -0.1) is 0 Å². The summed E-state index contributed by atoms with van der Waals surface area (Å²) >= 11 is 6.22. The standard InChI is InChI=1S/C17H17ClN2O4S/c1-24-14-6-3-12(4-7-14)17(21)19-16-8-5-13(11-15(16)18)20-9-2-10-25(20,22)23/h3-8,11H,2,9-10H2,1H3,(H,19,21). The van der Waals surface area contributed by atoms with Crippen LogP contribution in [0.1, 0.15) is 16.8 Å². The highest BCUT2D eigenvalue weighted by Crippen LogP contribution is 2.31. The topological polar surface area (TPSA) is 75.7 Å². The minimum atomic E-state index is -3.27. The molecule has 1 aliphatic rings. The molecule has 2 aromatic carbocycles. The van der Waals surface area contributed by atoms with Gasteiger partial charge in [0, 0.05) is 12.1 Å². The van der Waals surface area contributed by atoms with Gasteiger partial charge in [-0.3, -0.25) is 9.10 Å². The lowest BCUT2D eigenvalue weighted by Crippen LogP contribution is -2.25. The molecule has 0 saturated carbocycles. The molecule has 0 atom stereocenters. The molecule has 1 fully saturated rings. The first-order valence-corrected chi connectivity index (χ1v) is 9.65. The van der Waals surface area contributed by atoms with E-state index in [1.807, 2.05) is 0 Å². The maximum Gasteiger partial charge on any atom is 0.255 e. The number of nitrogens with zero attached hydrogens (tertiary/aromatic N) is 1. The maximum absolute atomic E-state index is 12.3. The number of anilines is 2. The Kier molecular flexibility index (Phi) is 4.87. The van der Waals surface area contributed by atoms with Crippen LogP contribution < -0.4 is 14.4 Å². The number of nitrogens with one attached hydrogen (secondary N) is 1. The van der Waals surface area contributed by atoms with E-state index in [4.69, 9.17) is 16.3 Å². The average Bonchev–Trinajstić information content (AvgIpc) is 2.96. The highest BCUT2D eigenvalue weighted by molar-refractivity contribution is 7.93. The summed E-state index contributed by atoms with van der Waals surface area (Å²) in [6.45, 7) is 0.441. The molecule has 1 N–H and O–H groups in total. The predicted molar refractivity (Wildman–Crippen MR) is 98.1 cm³/mol.